The zero-order chi connectivity index (χ0) is 21.5. The summed E-state index contributed by atoms with van der Waals surface area (Å²) in [5.41, 5.74) is 1.67. The molecule has 3 aromatic rings. The lowest BCUT2D eigenvalue weighted by molar-refractivity contribution is -0.384. The number of anilines is 2. The van der Waals surface area contributed by atoms with Crippen LogP contribution in [0.3, 0.4) is 0 Å². The summed E-state index contributed by atoms with van der Waals surface area (Å²) in [5.74, 6) is -0.466. The fraction of sp³-hybridized carbons (Fsp3) is 0.143. The maximum atomic E-state index is 12.7. The molecular weight excluding hydrogens is 404 g/mol. The number of non-ortho nitro benzene ring substituents is 1. The first kappa shape index (κ1) is 21.0. The van der Waals surface area contributed by atoms with E-state index in [0.717, 1.165) is 5.69 Å². The van der Waals surface area contributed by atoms with Crippen LogP contribution in [0.2, 0.25) is 0 Å². The average molecular weight is 424 g/mol. The van der Waals surface area contributed by atoms with Crippen LogP contribution in [0.15, 0.2) is 66.0 Å². The average Bonchev–Trinajstić information content (AvgIpc) is 3.31. The number of nitrogens with zero attached hydrogens (tertiary/aromatic N) is 2. The highest BCUT2D eigenvalue weighted by Gasteiger charge is 2.19. The molecule has 1 aromatic heterocycles. The molecule has 0 unspecified atom stereocenters. The molecule has 0 fully saturated rings. The Morgan fingerprint density at radius 2 is 1.77 bits per heavy atom. The quantitative estimate of drug-likeness (QED) is 0.325. The molecule has 0 saturated carbocycles. The van der Waals surface area contributed by atoms with Crippen molar-refractivity contribution < 1.29 is 14.5 Å². The van der Waals surface area contributed by atoms with E-state index in [1.807, 2.05) is 11.4 Å². The van der Waals surface area contributed by atoms with Crippen molar-refractivity contribution in [3.05, 3.63) is 86.6 Å². The molecule has 2 amide bonds. The minimum atomic E-state index is -0.457. The number of thiophene rings is 1. The SMILES string of the molecule is CN(C(=O)c1cccs1)c1ccccc1C(=O)NCCNc1ccc([N+](=O)[O-])cc1. The van der Waals surface area contributed by atoms with Crippen LogP contribution in [0.1, 0.15) is 20.0 Å². The first-order valence-corrected chi connectivity index (χ1v) is 10.0. The van der Waals surface area contributed by atoms with Crippen molar-refractivity contribution in [2.24, 2.45) is 0 Å². The summed E-state index contributed by atoms with van der Waals surface area (Å²) < 4.78 is 0. The molecule has 0 bridgehead atoms. The Kier molecular flexibility index (Phi) is 6.76. The van der Waals surface area contributed by atoms with E-state index in [9.17, 15) is 19.7 Å². The van der Waals surface area contributed by atoms with E-state index in [2.05, 4.69) is 10.6 Å². The molecule has 9 heteroatoms. The maximum Gasteiger partial charge on any atom is 0.269 e. The predicted octanol–water partition coefficient (Wildman–Crippen LogP) is 3.77. The van der Waals surface area contributed by atoms with Gasteiger partial charge in [0.15, 0.2) is 0 Å². The normalized spacial score (nSPS) is 10.3. The van der Waals surface area contributed by atoms with Gasteiger partial charge in [-0.2, -0.15) is 0 Å². The Bertz CT molecular complexity index is 1040. The lowest BCUT2D eigenvalue weighted by Gasteiger charge is -2.20. The molecule has 2 aromatic carbocycles. The van der Waals surface area contributed by atoms with E-state index in [4.69, 9.17) is 0 Å². The molecule has 154 valence electrons. The summed E-state index contributed by atoms with van der Waals surface area (Å²) in [4.78, 5) is 37.6. The molecule has 30 heavy (non-hydrogen) atoms. The Morgan fingerprint density at radius 1 is 1.03 bits per heavy atom. The number of carbonyl (C=O) groups excluding carboxylic acids is 2. The van der Waals surface area contributed by atoms with Gasteiger partial charge in [-0.15, -0.1) is 11.3 Å². The first-order chi connectivity index (χ1) is 14.5. The van der Waals surface area contributed by atoms with Gasteiger partial charge < -0.3 is 15.5 Å². The lowest BCUT2D eigenvalue weighted by Crippen LogP contribution is -2.32. The molecule has 2 N–H and O–H groups in total. The Morgan fingerprint density at radius 3 is 2.43 bits per heavy atom. The van der Waals surface area contributed by atoms with Gasteiger partial charge in [0.1, 0.15) is 0 Å². The highest BCUT2D eigenvalue weighted by molar-refractivity contribution is 7.12. The van der Waals surface area contributed by atoms with E-state index >= 15 is 0 Å². The molecule has 0 atom stereocenters. The third-order valence-corrected chi connectivity index (χ3v) is 5.22. The molecule has 0 aliphatic rings. The lowest BCUT2D eigenvalue weighted by atomic mass is 10.1. The molecule has 0 aliphatic heterocycles. The molecule has 8 nitrogen and oxygen atoms in total. The first-order valence-electron chi connectivity index (χ1n) is 9.14. The van der Waals surface area contributed by atoms with Crippen molar-refractivity contribution in [1.29, 1.82) is 0 Å². The summed E-state index contributed by atoms with van der Waals surface area (Å²) in [5, 5.41) is 18.4. The molecule has 0 radical (unpaired) electrons. The zero-order valence-electron chi connectivity index (χ0n) is 16.2. The van der Waals surface area contributed by atoms with Crippen LogP contribution in [0.5, 0.6) is 0 Å². The van der Waals surface area contributed by atoms with Gasteiger partial charge in [0.05, 0.1) is 21.1 Å². The van der Waals surface area contributed by atoms with E-state index in [0.29, 0.717) is 29.2 Å². The second-order valence-corrected chi connectivity index (χ2v) is 7.29. The van der Waals surface area contributed by atoms with Crippen molar-refractivity contribution >= 4 is 40.2 Å². The van der Waals surface area contributed by atoms with Gasteiger partial charge in [0.25, 0.3) is 17.5 Å². The number of hydrogen-bond donors (Lipinski definition) is 2. The monoisotopic (exact) mass is 424 g/mol. The minimum Gasteiger partial charge on any atom is -0.383 e. The Labute approximate surface area is 177 Å². The van der Waals surface area contributed by atoms with Gasteiger partial charge in [-0.1, -0.05) is 18.2 Å². The second-order valence-electron chi connectivity index (χ2n) is 6.35. The third kappa shape index (κ3) is 5.00. The van der Waals surface area contributed by atoms with Gasteiger partial charge in [0.2, 0.25) is 0 Å². The number of nitro benzene ring substituents is 1. The van der Waals surface area contributed by atoms with Gasteiger partial charge in [-0.25, -0.2) is 0 Å². The zero-order valence-corrected chi connectivity index (χ0v) is 17.0. The van der Waals surface area contributed by atoms with Gasteiger partial charge >= 0.3 is 0 Å². The van der Waals surface area contributed by atoms with Crippen LogP contribution in [-0.4, -0.2) is 36.9 Å². The van der Waals surface area contributed by atoms with Gasteiger partial charge in [0, 0.05) is 38.0 Å². The number of nitrogens with one attached hydrogen (secondary N) is 2. The Hall–Kier alpha value is -3.72. The number of hydrogen-bond acceptors (Lipinski definition) is 6. The van der Waals surface area contributed by atoms with Crippen LogP contribution < -0.4 is 15.5 Å². The number of nitro groups is 1. The molecule has 0 aliphatic carbocycles. The fourth-order valence-electron chi connectivity index (χ4n) is 2.81. The topological polar surface area (TPSA) is 105 Å². The summed E-state index contributed by atoms with van der Waals surface area (Å²) in [6.07, 6.45) is 0. The summed E-state index contributed by atoms with van der Waals surface area (Å²) in [6, 6.07) is 16.5. The molecule has 0 saturated heterocycles. The van der Waals surface area contributed by atoms with E-state index in [1.165, 1.54) is 28.4 Å². The molecule has 0 spiro atoms. The van der Waals surface area contributed by atoms with E-state index in [1.54, 1.807) is 49.5 Å². The summed E-state index contributed by atoms with van der Waals surface area (Å²) in [7, 11) is 1.64. The van der Waals surface area contributed by atoms with Crippen LogP contribution >= 0.6 is 11.3 Å². The summed E-state index contributed by atoms with van der Waals surface area (Å²) in [6.45, 7) is 0.780. The van der Waals surface area contributed by atoms with E-state index < -0.39 is 4.92 Å². The van der Waals surface area contributed by atoms with E-state index in [-0.39, 0.29) is 17.5 Å². The van der Waals surface area contributed by atoms with Crippen LogP contribution in [-0.2, 0) is 0 Å². The standard InChI is InChI=1S/C21H20N4O4S/c1-24(21(27)19-7-4-14-30-19)18-6-3-2-5-17(18)20(26)23-13-12-22-15-8-10-16(11-9-15)25(28)29/h2-11,14,22H,12-13H2,1H3,(H,23,26). The van der Waals surface area contributed by atoms with Crippen molar-refractivity contribution in [3.63, 3.8) is 0 Å². The summed E-state index contributed by atoms with van der Waals surface area (Å²) >= 11 is 1.35. The number of amides is 2. The molecule has 1 heterocycles. The smallest absolute Gasteiger partial charge is 0.269 e. The third-order valence-electron chi connectivity index (χ3n) is 4.36. The predicted molar refractivity (Wildman–Crippen MR) is 117 cm³/mol. The molecular formula is C21H20N4O4S. The number of rotatable bonds is 8. The van der Waals surface area contributed by atoms with Crippen molar-refractivity contribution in [1.82, 2.24) is 5.32 Å². The number of carbonyl (C=O) groups is 2. The van der Waals surface area contributed by atoms with Gasteiger partial charge in [-0.05, 0) is 35.7 Å². The number of benzene rings is 2. The fourth-order valence-corrected chi connectivity index (χ4v) is 3.51. The molecule has 3 rings (SSSR count). The van der Waals surface area contributed by atoms with Crippen molar-refractivity contribution in [2.75, 3.05) is 30.4 Å². The van der Waals surface area contributed by atoms with Crippen LogP contribution in [0, 0.1) is 10.1 Å². The highest BCUT2D eigenvalue weighted by atomic mass is 32.1. The van der Waals surface area contributed by atoms with Crippen molar-refractivity contribution in [3.8, 4) is 0 Å². The van der Waals surface area contributed by atoms with Gasteiger partial charge in [-0.3, -0.25) is 19.7 Å². The van der Waals surface area contributed by atoms with Crippen LogP contribution in [0.25, 0.3) is 0 Å². The largest absolute Gasteiger partial charge is 0.383 e. The number of para-hydroxylation sites is 1. The maximum absolute atomic E-state index is 12.7. The second kappa shape index (κ2) is 9.66. The Balaban J connectivity index is 1.58. The highest BCUT2D eigenvalue weighted by Crippen LogP contribution is 2.22. The minimum absolute atomic E-state index is 0.0201. The van der Waals surface area contributed by atoms with Crippen LogP contribution in [0.4, 0.5) is 17.1 Å². The van der Waals surface area contributed by atoms with Crippen molar-refractivity contribution in [2.45, 2.75) is 0 Å².